The Hall–Kier alpha value is -2.86. The Morgan fingerprint density at radius 1 is 0.585 bits per heavy atom. The molecule has 0 bridgehead atoms. The van der Waals surface area contributed by atoms with E-state index in [1.54, 1.807) is 0 Å². The molecule has 4 N–H and O–H groups in total. The van der Waals surface area contributed by atoms with Gasteiger partial charge in [0.2, 0.25) is 0 Å². The largest absolute Gasteiger partial charge is 0.462 e. The highest BCUT2D eigenvalue weighted by Crippen LogP contribution is 2.22. The lowest BCUT2D eigenvalue weighted by atomic mass is 9.99. The van der Waals surface area contributed by atoms with Crippen molar-refractivity contribution in [2.75, 3.05) is 19.8 Å². The van der Waals surface area contributed by atoms with Gasteiger partial charge in [-0.15, -0.1) is 0 Å². The van der Waals surface area contributed by atoms with Crippen LogP contribution in [-0.2, 0) is 28.5 Å². The molecule has 10 nitrogen and oxygen atoms in total. The Bertz CT molecular complexity index is 1090. The van der Waals surface area contributed by atoms with E-state index in [1.807, 2.05) is 0 Å². The molecule has 53 heavy (non-hydrogen) atoms. The summed E-state index contributed by atoms with van der Waals surface area (Å²) in [5.74, 6) is -0.871. The fraction of sp³-hybridized carbons (Fsp3) is 0.674. The van der Waals surface area contributed by atoms with Crippen molar-refractivity contribution in [1.82, 2.24) is 0 Å². The fourth-order valence-corrected chi connectivity index (χ4v) is 5.45. The Morgan fingerprint density at radius 2 is 1.06 bits per heavy atom. The lowest BCUT2D eigenvalue weighted by Gasteiger charge is -2.39. The molecule has 0 aromatic carbocycles. The van der Waals surface area contributed by atoms with Gasteiger partial charge in [-0.25, -0.2) is 0 Å². The van der Waals surface area contributed by atoms with Crippen molar-refractivity contribution in [3.05, 3.63) is 72.9 Å². The minimum absolute atomic E-state index is 0.200. The van der Waals surface area contributed by atoms with Crippen LogP contribution in [0.15, 0.2) is 72.9 Å². The van der Waals surface area contributed by atoms with Crippen LogP contribution in [0.1, 0.15) is 129 Å². The highest BCUT2D eigenvalue weighted by Gasteiger charge is 2.44. The van der Waals surface area contributed by atoms with E-state index in [0.29, 0.717) is 12.8 Å². The second kappa shape index (κ2) is 33.7. The Morgan fingerprint density at radius 3 is 1.60 bits per heavy atom. The summed E-state index contributed by atoms with van der Waals surface area (Å²) in [4.78, 5) is 25.2. The van der Waals surface area contributed by atoms with E-state index < -0.39 is 55.4 Å². The average molecular weight is 747 g/mol. The molecule has 0 aromatic heterocycles. The molecular weight excluding hydrogens is 676 g/mol. The van der Waals surface area contributed by atoms with Crippen molar-refractivity contribution in [3.8, 4) is 0 Å². The molecule has 1 fully saturated rings. The third-order valence-corrected chi connectivity index (χ3v) is 8.59. The first kappa shape index (κ1) is 48.2. The van der Waals surface area contributed by atoms with Crippen molar-refractivity contribution in [2.24, 2.45) is 0 Å². The molecule has 6 atom stereocenters. The van der Waals surface area contributed by atoms with Crippen LogP contribution in [0.4, 0.5) is 0 Å². The molecule has 1 heterocycles. The first-order valence-electron chi connectivity index (χ1n) is 20.0. The number of unbranched alkanes of at least 4 members (excludes halogenated alkanes) is 8. The molecule has 0 amide bonds. The number of aliphatic hydroxyl groups excluding tert-OH is 4. The summed E-state index contributed by atoms with van der Waals surface area (Å²) in [7, 11) is 0. The first-order valence-corrected chi connectivity index (χ1v) is 20.0. The standard InChI is InChI=1S/C43H70O10/c1-3-5-7-9-11-13-15-17-18-20-22-24-26-28-30-32-39(46)52-36(35-51-43-42(49)41(48)40(47)37(33-44)53-43)34-50-38(45)31-29-27-25-23-21-19-16-14-12-10-8-6-4-2/h5-8,11-14,17-19,21,36-37,40-44,47-49H,3-4,9-10,15-16,20,22-35H2,1-2H3/b7-5-,8-6-,13-11-,14-12-,18-17+,21-19-/t36-,37+,40-,41-,42+,43+/m0/s1. The van der Waals surface area contributed by atoms with Crippen LogP contribution in [0.5, 0.6) is 0 Å². The van der Waals surface area contributed by atoms with Gasteiger partial charge in [-0.05, 0) is 77.0 Å². The molecule has 0 spiro atoms. The minimum atomic E-state index is -1.61. The molecule has 0 aliphatic carbocycles. The summed E-state index contributed by atoms with van der Waals surface area (Å²) < 4.78 is 22.0. The molecule has 0 radical (unpaired) electrons. The number of esters is 2. The number of hydrogen-bond acceptors (Lipinski definition) is 10. The number of hydrogen-bond donors (Lipinski definition) is 4. The zero-order valence-electron chi connectivity index (χ0n) is 32.5. The number of rotatable bonds is 31. The quantitative estimate of drug-likeness (QED) is 0.0316. The van der Waals surface area contributed by atoms with Gasteiger partial charge in [0, 0.05) is 12.8 Å². The van der Waals surface area contributed by atoms with E-state index in [4.69, 9.17) is 18.9 Å². The van der Waals surface area contributed by atoms with Crippen LogP contribution in [-0.4, -0.2) is 89.0 Å². The van der Waals surface area contributed by atoms with Gasteiger partial charge in [-0.1, -0.05) is 112 Å². The fourth-order valence-electron chi connectivity index (χ4n) is 5.45. The zero-order chi connectivity index (χ0) is 38.8. The molecule has 0 aromatic rings. The summed E-state index contributed by atoms with van der Waals surface area (Å²) in [5, 5.41) is 40.0. The van der Waals surface area contributed by atoms with E-state index in [1.165, 1.54) is 0 Å². The Labute approximate surface area is 319 Å². The lowest BCUT2D eigenvalue weighted by molar-refractivity contribution is -0.305. The van der Waals surface area contributed by atoms with E-state index in [9.17, 15) is 30.0 Å². The normalized spacial score (nSPS) is 21.7. The summed E-state index contributed by atoms with van der Waals surface area (Å²) in [5.41, 5.74) is 0. The van der Waals surface area contributed by atoms with Gasteiger partial charge < -0.3 is 39.4 Å². The number of ether oxygens (including phenoxy) is 4. The van der Waals surface area contributed by atoms with Crippen LogP contribution in [0.3, 0.4) is 0 Å². The summed E-state index contributed by atoms with van der Waals surface area (Å²) in [6.45, 7) is 3.11. The topological polar surface area (TPSA) is 152 Å². The van der Waals surface area contributed by atoms with Crippen molar-refractivity contribution >= 4 is 11.9 Å². The maximum absolute atomic E-state index is 12.7. The smallest absolute Gasteiger partial charge is 0.306 e. The molecule has 1 rings (SSSR count). The van der Waals surface area contributed by atoms with Crippen molar-refractivity contribution in [1.29, 1.82) is 0 Å². The van der Waals surface area contributed by atoms with E-state index in [-0.39, 0.29) is 26.1 Å². The molecule has 1 aliphatic heterocycles. The van der Waals surface area contributed by atoms with Crippen LogP contribution in [0.25, 0.3) is 0 Å². The lowest BCUT2D eigenvalue weighted by Crippen LogP contribution is -2.59. The monoisotopic (exact) mass is 746 g/mol. The van der Waals surface area contributed by atoms with Gasteiger partial charge in [0.25, 0.3) is 0 Å². The second-order valence-electron chi connectivity index (χ2n) is 13.3. The van der Waals surface area contributed by atoms with Gasteiger partial charge in [-0.3, -0.25) is 9.59 Å². The van der Waals surface area contributed by atoms with Gasteiger partial charge in [-0.2, -0.15) is 0 Å². The Balaban J connectivity index is 2.42. The summed E-state index contributed by atoms with van der Waals surface area (Å²) in [6, 6.07) is 0. The maximum atomic E-state index is 12.7. The van der Waals surface area contributed by atoms with Crippen molar-refractivity contribution < 1.29 is 49.0 Å². The van der Waals surface area contributed by atoms with E-state index in [0.717, 1.165) is 89.9 Å². The van der Waals surface area contributed by atoms with Crippen LogP contribution in [0.2, 0.25) is 0 Å². The molecule has 1 aliphatic rings. The number of allylic oxidation sites excluding steroid dienone is 12. The third-order valence-electron chi connectivity index (χ3n) is 8.59. The SMILES string of the molecule is CC/C=C\C/C=C\C/C=C\CCCCCC(=O)OC[C@@H](CO[C@@H]1O[C@H](CO)[C@H](O)[C@H](O)[C@H]1O)OC(=O)CCCCCCC/C=C/C/C=C\C/C=C\CC. The highest BCUT2D eigenvalue weighted by molar-refractivity contribution is 5.70. The molecule has 0 unspecified atom stereocenters. The number of carbonyl (C=O) groups is 2. The van der Waals surface area contributed by atoms with Crippen LogP contribution >= 0.6 is 0 Å². The van der Waals surface area contributed by atoms with Gasteiger partial charge >= 0.3 is 11.9 Å². The molecular formula is C43H70O10. The van der Waals surface area contributed by atoms with Crippen molar-refractivity contribution in [3.63, 3.8) is 0 Å². The van der Waals surface area contributed by atoms with E-state index >= 15 is 0 Å². The average Bonchev–Trinajstić information content (AvgIpc) is 3.15. The molecule has 0 saturated carbocycles. The van der Waals surface area contributed by atoms with Gasteiger partial charge in [0.1, 0.15) is 31.0 Å². The van der Waals surface area contributed by atoms with Crippen LogP contribution in [0, 0.1) is 0 Å². The predicted octanol–water partition coefficient (Wildman–Crippen LogP) is 7.66. The summed E-state index contributed by atoms with van der Waals surface area (Å²) in [6.07, 6.45) is 33.4. The molecule has 10 heteroatoms. The van der Waals surface area contributed by atoms with Gasteiger partial charge in [0.05, 0.1) is 13.2 Å². The maximum Gasteiger partial charge on any atom is 0.306 e. The highest BCUT2D eigenvalue weighted by atomic mass is 16.7. The van der Waals surface area contributed by atoms with Crippen LogP contribution < -0.4 is 0 Å². The Kier molecular flexibility index (Phi) is 30.6. The second-order valence-corrected chi connectivity index (χ2v) is 13.3. The third kappa shape index (κ3) is 25.7. The number of aliphatic hydroxyl groups is 4. The number of carbonyl (C=O) groups excluding carboxylic acids is 2. The summed E-state index contributed by atoms with van der Waals surface area (Å²) >= 11 is 0. The molecule has 302 valence electrons. The predicted molar refractivity (Wildman–Crippen MR) is 210 cm³/mol. The molecule has 1 saturated heterocycles. The van der Waals surface area contributed by atoms with Crippen molar-refractivity contribution in [2.45, 2.75) is 166 Å². The van der Waals surface area contributed by atoms with Gasteiger partial charge in [0.15, 0.2) is 12.4 Å². The zero-order valence-corrected chi connectivity index (χ0v) is 32.5. The minimum Gasteiger partial charge on any atom is -0.462 e. The first-order chi connectivity index (χ1) is 25.8. The van der Waals surface area contributed by atoms with E-state index in [2.05, 4.69) is 86.8 Å².